The van der Waals surface area contributed by atoms with E-state index in [9.17, 15) is 0 Å². The molecule has 2 heteroatoms. The van der Waals surface area contributed by atoms with E-state index in [1.165, 1.54) is 77.0 Å². The zero-order valence-electron chi connectivity index (χ0n) is 14.6. The van der Waals surface area contributed by atoms with Gasteiger partial charge in [-0.15, -0.1) is 11.6 Å². The van der Waals surface area contributed by atoms with Crippen LogP contribution in [0.15, 0.2) is 12.2 Å². The maximum absolute atomic E-state index is 6.86. The van der Waals surface area contributed by atoms with Crippen molar-refractivity contribution in [2.24, 2.45) is 0 Å². The zero-order chi connectivity index (χ0) is 15.6. The summed E-state index contributed by atoms with van der Waals surface area (Å²) in [6.07, 6.45) is 20.9. The van der Waals surface area contributed by atoms with Crippen LogP contribution < -0.4 is 0 Å². The first kappa shape index (κ1) is 19.3. The van der Waals surface area contributed by atoms with E-state index >= 15 is 0 Å². The van der Waals surface area contributed by atoms with Crippen molar-refractivity contribution in [3.63, 3.8) is 0 Å². The Morgan fingerprint density at radius 2 is 1.38 bits per heavy atom. The Hall–Kier alpha value is 0.247. The van der Waals surface area contributed by atoms with Crippen LogP contribution in [0, 0.1) is 0 Å². The van der Waals surface area contributed by atoms with Gasteiger partial charge in [-0.1, -0.05) is 70.7 Å². The van der Waals surface area contributed by atoms with Crippen molar-refractivity contribution in [3.05, 3.63) is 12.2 Å². The summed E-state index contributed by atoms with van der Waals surface area (Å²) in [6, 6.07) is 0. The smallest absolute Gasteiger partial charge is 0.0496 e. The lowest BCUT2D eigenvalue weighted by molar-refractivity contribution is 0.448. The first-order valence-corrected chi connectivity index (χ1v) is 12.1. The molecule has 1 rings (SSSR count). The fourth-order valence-corrected chi connectivity index (χ4v) is 5.69. The molecule has 0 bridgehead atoms. The van der Waals surface area contributed by atoms with Crippen molar-refractivity contribution < 1.29 is 0 Å². The molecule has 0 aromatic carbocycles. The second-order valence-corrected chi connectivity index (χ2v) is 11.0. The lowest BCUT2D eigenvalue weighted by Crippen LogP contribution is -2.33. The van der Waals surface area contributed by atoms with Crippen LogP contribution in [0.3, 0.4) is 0 Å². The fourth-order valence-electron chi connectivity index (χ4n) is 3.32. The monoisotopic (exact) mass is 327 g/mol. The van der Waals surface area contributed by atoms with Crippen molar-refractivity contribution in [3.8, 4) is 0 Å². The van der Waals surface area contributed by atoms with E-state index in [0.717, 1.165) is 0 Å². The third kappa shape index (κ3) is 7.37. The molecule has 0 aromatic rings. The van der Waals surface area contributed by atoms with Gasteiger partial charge in [0.15, 0.2) is 0 Å². The molecule has 1 aliphatic rings. The maximum Gasteiger partial charge on any atom is 0.0496 e. The maximum atomic E-state index is 6.86. The second kappa shape index (κ2) is 10.9. The van der Waals surface area contributed by atoms with Gasteiger partial charge >= 0.3 is 0 Å². The summed E-state index contributed by atoms with van der Waals surface area (Å²) < 4.78 is 0. The van der Waals surface area contributed by atoms with Gasteiger partial charge in [-0.25, -0.2) is 0 Å². The van der Waals surface area contributed by atoms with Crippen molar-refractivity contribution in [1.82, 2.24) is 0 Å². The van der Waals surface area contributed by atoms with Gasteiger partial charge in [0.1, 0.15) is 0 Å². The predicted octanol–water partition coefficient (Wildman–Crippen LogP) is 7.36. The van der Waals surface area contributed by atoms with Crippen LogP contribution in [0.4, 0.5) is 0 Å². The molecule has 0 N–H and O–H groups in total. The molecule has 0 aliphatic heterocycles. The van der Waals surface area contributed by atoms with Crippen molar-refractivity contribution >= 4 is 20.4 Å². The van der Waals surface area contributed by atoms with E-state index < -0.39 is 0 Å². The van der Waals surface area contributed by atoms with E-state index in [2.05, 4.69) is 32.2 Å². The first-order valence-electron chi connectivity index (χ1n) is 9.17. The Balaban J connectivity index is 2.53. The largest absolute Gasteiger partial charge is 0.123 e. The fraction of sp³-hybridized carbons (Fsp3) is 0.895. The van der Waals surface area contributed by atoms with Crippen LogP contribution in [0.2, 0.25) is 18.1 Å². The molecular formula is C19H36ClSi. The SMILES string of the molecule is C[Si](C)C1(C)CCCCCCC/C=C\CCCCCC1Cl. The molecule has 0 aromatic heterocycles. The molecule has 0 saturated carbocycles. The number of hydrogen-bond donors (Lipinski definition) is 0. The predicted molar refractivity (Wildman–Crippen MR) is 100 cm³/mol. The highest BCUT2D eigenvalue weighted by Crippen LogP contribution is 2.44. The minimum Gasteiger partial charge on any atom is -0.123 e. The van der Waals surface area contributed by atoms with E-state index in [1.54, 1.807) is 0 Å². The van der Waals surface area contributed by atoms with Crippen LogP contribution >= 0.6 is 11.6 Å². The highest BCUT2D eigenvalue weighted by Gasteiger charge is 2.35. The molecule has 21 heavy (non-hydrogen) atoms. The minimum atomic E-state index is -0.342. The number of allylic oxidation sites excluding steroid dienone is 2. The average molecular weight is 328 g/mol. The summed E-state index contributed by atoms with van der Waals surface area (Å²) in [5.41, 5.74) is 0. The normalized spacial score (nSPS) is 32.9. The van der Waals surface area contributed by atoms with Gasteiger partial charge in [0.25, 0.3) is 0 Å². The van der Waals surface area contributed by atoms with Crippen molar-refractivity contribution in [2.75, 3.05) is 0 Å². The van der Waals surface area contributed by atoms with Crippen LogP contribution in [-0.4, -0.2) is 14.2 Å². The molecular weight excluding hydrogens is 292 g/mol. The van der Waals surface area contributed by atoms with E-state index in [0.29, 0.717) is 10.4 Å². The van der Waals surface area contributed by atoms with Crippen LogP contribution in [0.25, 0.3) is 0 Å². The molecule has 2 unspecified atom stereocenters. The van der Waals surface area contributed by atoms with E-state index in [1.807, 2.05) is 0 Å². The van der Waals surface area contributed by atoms with Gasteiger partial charge in [0.2, 0.25) is 0 Å². The molecule has 0 saturated heterocycles. The Bertz CT molecular complexity index is 287. The number of halogens is 1. The summed E-state index contributed by atoms with van der Waals surface area (Å²) >= 11 is 6.86. The second-order valence-electron chi connectivity index (χ2n) is 7.30. The summed E-state index contributed by atoms with van der Waals surface area (Å²) in [5, 5.41) is 0.813. The van der Waals surface area contributed by atoms with E-state index in [-0.39, 0.29) is 8.80 Å². The summed E-state index contributed by atoms with van der Waals surface area (Å²) in [7, 11) is -0.342. The summed E-state index contributed by atoms with van der Waals surface area (Å²) in [6.45, 7) is 7.40. The van der Waals surface area contributed by atoms with Crippen molar-refractivity contribution in [2.45, 2.75) is 107 Å². The number of alkyl halides is 1. The topological polar surface area (TPSA) is 0 Å². The number of rotatable bonds is 1. The summed E-state index contributed by atoms with van der Waals surface area (Å²) in [4.78, 5) is 0. The van der Waals surface area contributed by atoms with Gasteiger partial charge in [-0.3, -0.25) is 0 Å². The molecule has 1 aliphatic carbocycles. The van der Waals surface area contributed by atoms with Gasteiger partial charge in [-0.05, 0) is 43.6 Å². The van der Waals surface area contributed by atoms with Crippen LogP contribution in [-0.2, 0) is 0 Å². The Labute approximate surface area is 140 Å². The molecule has 1 radical (unpaired) electrons. The molecule has 2 atom stereocenters. The molecule has 0 amide bonds. The lowest BCUT2D eigenvalue weighted by atomic mass is 9.93. The lowest BCUT2D eigenvalue weighted by Gasteiger charge is -2.38. The van der Waals surface area contributed by atoms with Gasteiger partial charge in [-0.2, -0.15) is 0 Å². The van der Waals surface area contributed by atoms with Gasteiger partial charge < -0.3 is 0 Å². The zero-order valence-corrected chi connectivity index (χ0v) is 16.4. The third-order valence-electron chi connectivity index (χ3n) is 5.40. The Morgan fingerprint density at radius 3 is 2.00 bits per heavy atom. The molecule has 123 valence electrons. The van der Waals surface area contributed by atoms with Gasteiger partial charge in [0, 0.05) is 14.2 Å². The van der Waals surface area contributed by atoms with Crippen molar-refractivity contribution in [1.29, 1.82) is 0 Å². The summed E-state index contributed by atoms with van der Waals surface area (Å²) in [5.74, 6) is 0. The Kier molecular flexibility index (Phi) is 10.0. The highest BCUT2D eigenvalue weighted by molar-refractivity contribution is 6.60. The van der Waals surface area contributed by atoms with E-state index in [4.69, 9.17) is 11.6 Å². The average Bonchev–Trinajstić information content (AvgIpc) is 2.45. The molecule has 0 spiro atoms. The van der Waals surface area contributed by atoms with Crippen LogP contribution in [0.1, 0.15) is 84.0 Å². The first-order chi connectivity index (χ1) is 10.1. The number of hydrogen-bond acceptors (Lipinski definition) is 0. The Morgan fingerprint density at radius 1 is 0.857 bits per heavy atom. The van der Waals surface area contributed by atoms with Crippen LogP contribution in [0.5, 0.6) is 0 Å². The molecule has 0 heterocycles. The molecule has 0 fully saturated rings. The third-order valence-corrected chi connectivity index (χ3v) is 9.16. The molecule has 0 nitrogen and oxygen atoms in total. The highest BCUT2D eigenvalue weighted by atomic mass is 35.5. The van der Waals surface area contributed by atoms with Gasteiger partial charge in [0.05, 0.1) is 0 Å². The standard InChI is InChI=1S/C19H36ClSi/c1-19(21(2)3)17-15-13-11-9-7-5-4-6-8-10-12-14-16-18(19)20/h4,6,18H,5,7-17H2,1-3H3/b6-4-. The minimum absolute atomic E-state index is 0.342. The quantitative estimate of drug-likeness (QED) is 0.268.